The van der Waals surface area contributed by atoms with Gasteiger partial charge in [0.25, 0.3) is 5.91 Å². The number of oxime groups is 1. The molecule has 112 valence electrons. The monoisotopic (exact) mass is 295 g/mol. The molecule has 1 amide bonds. The van der Waals surface area contributed by atoms with E-state index in [9.17, 15) is 4.79 Å². The van der Waals surface area contributed by atoms with Crippen molar-refractivity contribution in [2.24, 2.45) is 10.9 Å². The minimum atomic E-state index is -0.647. The molecule has 0 radical (unpaired) electrons. The van der Waals surface area contributed by atoms with Crippen molar-refractivity contribution >= 4 is 17.3 Å². The lowest BCUT2D eigenvalue weighted by atomic mass is 10.0. The van der Waals surface area contributed by atoms with E-state index in [1.807, 2.05) is 42.5 Å². The summed E-state index contributed by atoms with van der Waals surface area (Å²) in [7, 11) is 0. The van der Waals surface area contributed by atoms with E-state index < -0.39 is 12.0 Å². The molecule has 0 saturated carbocycles. The van der Waals surface area contributed by atoms with Gasteiger partial charge in [0.2, 0.25) is 6.10 Å². The van der Waals surface area contributed by atoms with Gasteiger partial charge < -0.3 is 15.9 Å². The molecule has 2 aromatic rings. The molecule has 22 heavy (non-hydrogen) atoms. The Morgan fingerprint density at radius 1 is 1.18 bits per heavy atom. The van der Waals surface area contributed by atoms with Crippen molar-refractivity contribution in [2.75, 3.05) is 5.32 Å². The Bertz CT molecular complexity index is 681. The number of carbonyl (C=O) groups excluding carboxylic acids is 1. The summed E-state index contributed by atoms with van der Waals surface area (Å²) in [5.74, 6) is -0.486. The molecule has 0 aromatic heterocycles. The number of benzene rings is 2. The summed E-state index contributed by atoms with van der Waals surface area (Å²) in [4.78, 5) is 16.1. The van der Waals surface area contributed by atoms with Gasteiger partial charge in [0.05, 0.1) is 5.71 Å². The largest absolute Gasteiger partial charge is 0.382 e. The summed E-state index contributed by atoms with van der Waals surface area (Å²) in [6.07, 6.45) is -0.225. The van der Waals surface area contributed by atoms with E-state index in [-0.39, 0.29) is 0 Å². The lowest BCUT2D eigenvalue weighted by Crippen LogP contribution is -2.28. The maximum Gasteiger partial charge on any atom is 0.261 e. The van der Waals surface area contributed by atoms with Crippen LogP contribution in [0.4, 0.5) is 5.69 Å². The highest BCUT2D eigenvalue weighted by Gasteiger charge is 2.26. The molecule has 1 atom stereocenters. The molecule has 1 unspecified atom stereocenters. The molecule has 2 aromatic carbocycles. The third-order valence-electron chi connectivity index (χ3n) is 3.54. The second-order valence-corrected chi connectivity index (χ2v) is 5.16. The highest BCUT2D eigenvalue weighted by Crippen LogP contribution is 2.18. The maximum absolute atomic E-state index is 11.1. The molecule has 1 heterocycles. The smallest absolute Gasteiger partial charge is 0.261 e. The van der Waals surface area contributed by atoms with E-state index in [0.717, 1.165) is 23.5 Å². The van der Waals surface area contributed by atoms with Gasteiger partial charge in [0.15, 0.2) is 0 Å². The van der Waals surface area contributed by atoms with Crippen molar-refractivity contribution in [3.05, 3.63) is 65.7 Å². The first kappa shape index (κ1) is 14.1. The Labute approximate surface area is 128 Å². The van der Waals surface area contributed by atoms with Crippen LogP contribution in [-0.2, 0) is 16.2 Å². The first-order valence-electron chi connectivity index (χ1n) is 7.12. The Balaban J connectivity index is 1.60. The van der Waals surface area contributed by atoms with Crippen LogP contribution in [0.3, 0.4) is 0 Å². The Kier molecular flexibility index (Phi) is 4.05. The highest BCUT2D eigenvalue weighted by atomic mass is 16.6. The van der Waals surface area contributed by atoms with Gasteiger partial charge in [0, 0.05) is 18.7 Å². The van der Waals surface area contributed by atoms with E-state index >= 15 is 0 Å². The average molecular weight is 295 g/mol. The van der Waals surface area contributed by atoms with Gasteiger partial charge in [-0.05, 0) is 23.3 Å². The third kappa shape index (κ3) is 3.25. The minimum absolute atomic E-state index is 0.423. The number of nitrogens with zero attached hydrogens (tertiary/aromatic N) is 1. The van der Waals surface area contributed by atoms with Crippen LogP contribution in [0.5, 0.6) is 0 Å². The second kappa shape index (κ2) is 6.30. The number of carbonyl (C=O) groups is 1. The summed E-state index contributed by atoms with van der Waals surface area (Å²) < 4.78 is 0. The normalized spacial score (nSPS) is 16.7. The van der Waals surface area contributed by atoms with Crippen molar-refractivity contribution < 1.29 is 9.63 Å². The van der Waals surface area contributed by atoms with Crippen LogP contribution in [0.15, 0.2) is 59.8 Å². The molecule has 0 spiro atoms. The quantitative estimate of drug-likeness (QED) is 0.888. The van der Waals surface area contributed by atoms with Gasteiger partial charge in [-0.3, -0.25) is 4.79 Å². The van der Waals surface area contributed by atoms with Gasteiger partial charge in [-0.2, -0.15) is 0 Å². The molecule has 3 N–H and O–H groups in total. The van der Waals surface area contributed by atoms with Crippen LogP contribution in [0.2, 0.25) is 0 Å². The summed E-state index contributed by atoms with van der Waals surface area (Å²) in [6, 6.07) is 18.1. The molecule has 0 bridgehead atoms. The Morgan fingerprint density at radius 2 is 1.91 bits per heavy atom. The number of anilines is 1. The number of nitrogens with two attached hydrogens (primary N) is 1. The number of hydrogen-bond acceptors (Lipinski definition) is 4. The van der Waals surface area contributed by atoms with Crippen molar-refractivity contribution in [1.29, 1.82) is 0 Å². The number of amides is 1. The Hall–Kier alpha value is -2.82. The summed E-state index contributed by atoms with van der Waals surface area (Å²) in [6.45, 7) is 0.772. The zero-order chi connectivity index (χ0) is 15.4. The number of nitrogens with one attached hydrogen (secondary N) is 1. The topological polar surface area (TPSA) is 76.7 Å². The van der Waals surface area contributed by atoms with Crippen molar-refractivity contribution in [3.63, 3.8) is 0 Å². The van der Waals surface area contributed by atoms with Crippen molar-refractivity contribution in [2.45, 2.75) is 19.1 Å². The standard InChI is InChI=1S/C17H17N3O2/c18-17(21)16-10-15(20-22-16)13-6-8-14(9-7-13)19-11-12-4-2-1-3-5-12/h1-9,16,19H,10-11H2,(H2,18,21). The number of rotatable bonds is 5. The first-order chi connectivity index (χ1) is 10.7. The fourth-order valence-electron chi connectivity index (χ4n) is 2.28. The molecule has 0 saturated heterocycles. The molecule has 0 aliphatic carbocycles. The number of primary amides is 1. The lowest BCUT2D eigenvalue weighted by Gasteiger charge is -2.07. The highest BCUT2D eigenvalue weighted by molar-refractivity contribution is 6.04. The van der Waals surface area contributed by atoms with Crippen LogP contribution in [0.25, 0.3) is 0 Å². The minimum Gasteiger partial charge on any atom is -0.382 e. The van der Waals surface area contributed by atoms with Gasteiger partial charge in [-0.15, -0.1) is 0 Å². The van der Waals surface area contributed by atoms with Crippen LogP contribution >= 0.6 is 0 Å². The van der Waals surface area contributed by atoms with E-state index in [1.54, 1.807) is 0 Å². The molecular formula is C17H17N3O2. The van der Waals surface area contributed by atoms with Crippen LogP contribution in [0, 0.1) is 0 Å². The average Bonchev–Trinajstić information content (AvgIpc) is 3.05. The molecule has 5 heteroatoms. The lowest BCUT2D eigenvalue weighted by molar-refractivity contribution is -0.127. The van der Waals surface area contributed by atoms with E-state index in [1.165, 1.54) is 5.56 Å². The SMILES string of the molecule is NC(=O)C1CC(c2ccc(NCc3ccccc3)cc2)=NO1. The molecule has 1 aliphatic heterocycles. The van der Waals surface area contributed by atoms with Gasteiger partial charge in [0.1, 0.15) is 0 Å². The first-order valence-corrected chi connectivity index (χ1v) is 7.12. The predicted molar refractivity (Wildman–Crippen MR) is 85.4 cm³/mol. The second-order valence-electron chi connectivity index (χ2n) is 5.16. The van der Waals surface area contributed by atoms with Gasteiger partial charge in [-0.25, -0.2) is 0 Å². The fraction of sp³-hybridized carbons (Fsp3) is 0.176. The maximum atomic E-state index is 11.1. The third-order valence-corrected chi connectivity index (χ3v) is 3.54. The molecular weight excluding hydrogens is 278 g/mol. The molecule has 3 rings (SSSR count). The molecule has 1 aliphatic rings. The van der Waals surface area contributed by atoms with Crippen molar-refractivity contribution in [1.82, 2.24) is 0 Å². The Morgan fingerprint density at radius 3 is 2.55 bits per heavy atom. The fourth-order valence-corrected chi connectivity index (χ4v) is 2.28. The van der Waals surface area contributed by atoms with E-state index in [2.05, 4.69) is 22.6 Å². The van der Waals surface area contributed by atoms with Gasteiger partial charge in [-0.1, -0.05) is 47.6 Å². The van der Waals surface area contributed by atoms with Crippen LogP contribution in [-0.4, -0.2) is 17.7 Å². The summed E-state index contributed by atoms with van der Waals surface area (Å²) >= 11 is 0. The van der Waals surface area contributed by atoms with E-state index in [4.69, 9.17) is 10.6 Å². The molecule has 0 fully saturated rings. The summed E-state index contributed by atoms with van der Waals surface area (Å²) in [5.41, 5.74) is 9.15. The van der Waals surface area contributed by atoms with Crippen molar-refractivity contribution in [3.8, 4) is 0 Å². The van der Waals surface area contributed by atoms with Gasteiger partial charge >= 0.3 is 0 Å². The van der Waals surface area contributed by atoms with Crippen LogP contribution in [0.1, 0.15) is 17.5 Å². The zero-order valence-electron chi connectivity index (χ0n) is 12.0. The molecule has 5 nitrogen and oxygen atoms in total. The zero-order valence-corrected chi connectivity index (χ0v) is 12.0. The predicted octanol–water partition coefficient (Wildman–Crippen LogP) is 2.28. The van der Waals surface area contributed by atoms with E-state index in [0.29, 0.717) is 6.42 Å². The number of hydrogen-bond donors (Lipinski definition) is 2. The summed E-state index contributed by atoms with van der Waals surface area (Å²) in [5, 5.41) is 7.29. The van der Waals surface area contributed by atoms with Crippen LogP contribution < -0.4 is 11.1 Å².